The standard InChI is InChI=1S/C26H29N5O5/c1-15-13-20-21(14-16(15)2)31(24-23(28-20)25(34)30-26(35)29-24)12-10-19(27-11-4-5-22(32)33)17-6-8-18(36-3)9-7-17/h6-9,13-14,19,27H,4-5,10-12H2,1-3H3,(H,32,33)(H,30,34,35). The first-order chi connectivity index (χ1) is 17.3. The van der Waals surface area contributed by atoms with Crippen molar-refractivity contribution in [1.29, 1.82) is 0 Å². The van der Waals surface area contributed by atoms with E-state index in [1.165, 1.54) is 0 Å². The van der Waals surface area contributed by atoms with Gasteiger partial charge < -0.3 is 19.7 Å². The fourth-order valence-electron chi connectivity index (χ4n) is 4.27. The maximum atomic E-state index is 12.6. The van der Waals surface area contributed by atoms with Gasteiger partial charge in [0.15, 0.2) is 11.5 Å². The number of H-pyrrole nitrogens is 1. The lowest BCUT2D eigenvalue weighted by atomic mass is 10.0. The number of fused-ring (bicyclic) bond motifs is 2. The fourth-order valence-corrected chi connectivity index (χ4v) is 4.27. The van der Waals surface area contributed by atoms with Crippen LogP contribution in [0.15, 0.2) is 46.0 Å². The minimum Gasteiger partial charge on any atom is -0.497 e. The van der Waals surface area contributed by atoms with Gasteiger partial charge in [0.25, 0.3) is 5.56 Å². The zero-order chi connectivity index (χ0) is 25.8. The fraction of sp³-hybridized carbons (Fsp3) is 0.346. The number of methoxy groups -OCH3 is 1. The normalized spacial score (nSPS) is 12.2. The van der Waals surface area contributed by atoms with E-state index in [1.54, 1.807) is 7.11 Å². The molecule has 10 heteroatoms. The van der Waals surface area contributed by atoms with Crippen LogP contribution in [0.25, 0.3) is 22.6 Å². The van der Waals surface area contributed by atoms with Crippen LogP contribution in [-0.2, 0) is 11.3 Å². The van der Waals surface area contributed by atoms with E-state index < -0.39 is 17.2 Å². The molecule has 1 unspecified atom stereocenters. The van der Waals surface area contributed by atoms with Crippen molar-refractivity contribution in [1.82, 2.24) is 24.8 Å². The summed E-state index contributed by atoms with van der Waals surface area (Å²) in [5, 5.41) is 12.4. The number of rotatable bonds is 10. The number of aryl methyl sites for hydroxylation is 3. The van der Waals surface area contributed by atoms with Crippen molar-refractivity contribution >= 4 is 17.0 Å². The van der Waals surface area contributed by atoms with E-state index in [0.29, 0.717) is 31.4 Å². The van der Waals surface area contributed by atoms with Gasteiger partial charge in [-0.15, -0.1) is 0 Å². The summed E-state index contributed by atoms with van der Waals surface area (Å²) >= 11 is 0. The van der Waals surface area contributed by atoms with Gasteiger partial charge in [0.1, 0.15) is 5.75 Å². The summed E-state index contributed by atoms with van der Waals surface area (Å²) in [5.41, 5.74) is 3.36. The molecule has 1 atom stereocenters. The van der Waals surface area contributed by atoms with Gasteiger partial charge in [0, 0.05) is 19.0 Å². The third-order valence-electron chi connectivity index (χ3n) is 6.34. The molecule has 2 aliphatic rings. The Hall–Kier alpha value is -4.05. The van der Waals surface area contributed by atoms with Gasteiger partial charge in [-0.05, 0) is 74.2 Å². The molecule has 2 aromatic rings. The Labute approximate surface area is 207 Å². The first kappa shape index (κ1) is 25.1. The number of carbonyl (C=O) groups is 1. The summed E-state index contributed by atoms with van der Waals surface area (Å²) in [6.07, 6.45) is 1.16. The lowest BCUT2D eigenvalue weighted by Crippen LogP contribution is -2.30. The van der Waals surface area contributed by atoms with E-state index >= 15 is 0 Å². The van der Waals surface area contributed by atoms with Crippen molar-refractivity contribution in [3.63, 3.8) is 0 Å². The number of nitrogens with zero attached hydrogens (tertiary/aromatic N) is 3. The molecular weight excluding hydrogens is 462 g/mol. The molecule has 4 rings (SSSR count). The molecule has 3 N–H and O–H groups in total. The van der Waals surface area contributed by atoms with Crippen LogP contribution in [0.5, 0.6) is 5.75 Å². The Morgan fingerprint density at radius 1 is 1.14 bits per heavy atom. The number of aliphatic carboxylic acids is 1. The van der Waals surface area contributed by atoms with Crippen molar-refractivity contribution in [2.45, 2.75) is 45.7 Å². The number of hydrogen-bond acceptors (Lipinski definition) is 7. The summed E-state index contributed by atoms with van der Waals surface area (Å²) in [6.45, 7) is 4.94. The smallest absolute Gasteiger partial charge is 0.349 e. The Balaban J connectivity index is 1.73. The van der Waals surface area contributed by atoms with E-state index in [-0.39, 0.29) is 24.0 Å². The number of aromatic amines is 1. The van der Waals surface area contributed by atoms with E-state index in [9.17, 15) is 14.4 Å². The van der Waals surface area contributed by atoms with Crippen molar-refractivity contribution < 1.29 is 14.6 Å². The highest BCUT2D eigenvalue weighted by atomic mass is 16.5. The van der Waals surface area contributed by atoms with Crippen LogP contribution < -0.4 is 21.3 Å². The topological polar surface area (TPSA) is 139 Å². The molecule has 0 aromatic heterocycles. The number of ether oxygens (including phenoxy) is 1. The molecule has 0 saturated carbocycles. The number of hydrogen-bond donors (Lipinski definition) is 3. The van der Waals surface area contributed by atoms with Gasteiger partial charge in [-0.2, -0.15) is 4.98 Å². The predicted octanol–water partition coefficient (Wildman–Crippen LogP) is 2.80. The summed E-state index contributed by atoms with van der Waals surface area (Å²) < 4.78 is 7.15. The predicted molar refractivity (Wildman–Crippen MR) is 136 cm³/mol. The molecule has 0 fully saturated rings. The molecule has 0 saturated heterocycles. The van der Waals surface area contributed by atoms with Crippen LogP contribution in [0, 0.1) is 13.8 Å². The first-order valence-electron chi connectivity index (χ1n) is 11.8. The molecule has 0 radical (unpaired) electrons. The zero-order valence-electron chi connectivity index (χ0n) is 20.5. The molecule has 0 amide bonds. The van der Waals surface area contributed by atoms with Gasteiger partial charge in [-0.1, -0.05) is 12.1 Å². The quantitative estimate of drug-likeness (QED) is 0.227. The Morgan fingerprint density at radius 3 is 2.56 bits per heavy atom. The number of nitrogens with one attached hydrogen (secondary N) is 2. The Morgan fingerprint density at radius 2 is 1.86 bits per heavy atom. The van der Waals surface area contributed by atoms with Gasteiger partial charge in [-0.25, -0.2) is 9.78 Å². The van der Waals surface area contributed by atoms with Crippen LogP contribution in [-0.4, -0.2) is 44.2 Å². The second-order valence-electron chi connectivity index (χ2n) is 8.80. The second-order valence-corrected chi connectivity index (χ2v) is 8.80. The average Bonchev–Trinajstić information content (AvgIpc) is 2.84. The van der Waals surface area contributed by atoms with Crippen molar-refractivity contribution in [3.8, 4) is 17.3 Å². The van der Waals surface area contributed by atoms with Gasteiger partial charge in [-0.3, -0.25) is 14.6 Å². The highest BCUT2D eigenvalue weighted by molar-refractivity contribution is 5.81. The molecule has 0 aliphatic carbocycles. The third-order valence-corrected chi connectivity index (χ3v) is 6.34. The first-order valence-corrected chi connectivity index (χ1v) is 11.8. The zero-order valence-corrected chi connectivity index (χ0v) is 20.5. The highest BCUT2D eigenvalue weighted by Gasteiger charge is 2.21. The van der Waals surface area contributed by atoms with E-state index in [0.717, 1.165) is 28.0 Å². The second kappa shape index (κ2) is 10.7. The van der Waals surface area contributed by atoms with Crippen molar-refractivity contribution in [2.24, 2.45) is 0 Å². The minimum absolute atomic E-state index is 0.0777. The summed E-state index contributed by atoms with van der Waals surface area (Å²) in [6, 6.07) is 11.5. The number of carboxylic acids is 1. The SMILES string of the molecule is COc1ccc(C(CCn2c3nc(=O)[nH]c(=O)c-3nc3cc(C)c(C)cc32)NCCCC(=O)O)cc1. The lowest BCUT2D eigenvalue weighted by molar-refractivity contribution is -0.137. The van der Waals surface area contributed by atoms with E-state index in [2.05, 4.69) is 20.3 Å². The molecule has 188 valence electrons. The van der Waals surface area contributed by atoms with Crippen molar-refractivity contribution in [2.75, 3.05) is 13.7 Å². The van der Waals surface area contributed by atoms with Crippen LogP contribution in [0.3, 0.4) is 0 Å². The van der Waals surface area contributed by atoms with Gasteiger partial charge in [0.2, 0.25) is 0 Å². The van der Waals surface area contributed by atoms with Crippen LogP contribution in [0.4, 0.5) is 0 Å². The monoisotopic (exact) mass is 491 g/mol. The van der Waals surface area contributed by atoms with Gasteiger partial charge >= 0.3 is 11.7 Å². The third kappa shape index (κ3) is 5.44. The number of aromatic nitrogens is 4. The van der Waals surface area contributed by atoms with Crippen molar-refractivity contribution in [3.05, 3.63) is 73.9 Å². The number of carboxylic acid groups (broad SMARTS) is 1. The molecule has 2 aromatic carbocycles. The molecule has 0 spiro atoms. The maximum Gasteiger partial charge on any atom is 0.349 e. The van der Waals surface area contributed by atoms with Crippen LogP contribution >= 0.6 is 0 Å². The molecule has 0 bridgehead atoms. The summed E-state index contributed by atoms with van der Waals surface area (Å²) in [5.74, 6) is 0.137. The Kier molecular flexibility index (Phi) is 7.44. The molecule has 2 aliphatic heterocycles. The largest absolute Gasteiger partial charge is 0.497 e. The number of benzene rings is 2. The highest BCUT2D eigenvalue weighted by Crippen LogP contribution is 2.27. The average molecular weight is 492 g/mol. The lowest BCUT2D eigenvalue weighted by Gasteiger charge is -2.23. The van der Waals surface area contributed by atoms with Crippen LogP contribution in [0.2, 0.25) is 0 Å². The molecule has 2 heterocycles. The van der Waals surface area contributed by atoms with E-state index in [1.807, 2.05) is 54.8 Å². The van der Waals surface area contributed by atoms with E-state index in [4.69, 9.17) is 9.84 Å². The Bertz CT molecular complexity index is 1480. The van der Waals surface area contributed by atoms with Gasteiger partial charge in [0.05, 0.1) is 18.1 Å². The molecule has 36 heavy (non-hydrogen) atoms. The summed E-state index contributed by atoms with van der Waals surface area (Å²) in [7, 11) is 1.61. The summed E-state index contributed by atoms with van der Waals surface area (Å²) in [4.78, 5) is 46.4. The molecular formula is C26H29N5O5. The minimum atomic E-state index is -0.835. The van der Waals surface area contributed by atoms with Crippen LogP contribution in [0.1, 0.15) is 42.0 Å². The molecule has 10 nitrogen and oxygen atoms in total. The maximum absolute atomic E-state index is 12.6.